The smallest absolute Gasteiger partial charge is 0.493 e. The van der Waals surface area contributed by atoms with Gasteiger partial charge in [-0.25, -0.2) is 10.2 Å². The van der Waals surface area contributed by atoms with Crippen LogP contribution in [0.1, 0.15) is 16.7 Å². The van der Waals surface area contributed by atoms with Gasteiger partial charge in [0.15, 0.2) is 11.5 Å². The van der Waals surface area contributed by atoms with Gasteiger partial charge in [0.1, 0.15) is 0 Å². The largest absolute Gasteiger partial charge is 0.513 e. The van der Waals surface area contributed by atoms with Crippen LogP contribution in [0.3, 0.4) is 0 Å². The van der Waals surface area contributed by atoms with Gasteiger partial charge in [-0.15, -0.1) is 11.8 Å². The Bertz CT molecular complexity index is 854. The molecule has 0 radical (unpaired) electrons. The number of carbonyl (C=O) groups excluding carboxylic acids is 2. The molecule has 0 aliphatic rings. The highest BCUT2D eigenvalue weighted by Gasteiger charge is 2.10. The molecule has 0 saturated heterocycles. The molecule has 0 saturated carbocycles. The Morgan fingerprint density at radius 1 is 1.14 bits per heavy atom. The SMILES string of the molecule is COC(=O)Oc1ccc(/C=N\NC(=O)CSCc2ccccc2C)cc1OC. The minimum atomic E-state index is -0.838. The summed E-state index contributed by atoms with van der Waals surface area (Å²) in [6.45, 7) is 2.05. The molecule has 28 heavy (non-hydrogen) atoms. The molecule has 0 atom stereocenters. The lowest BCUT2D eigenvalue weighted by atomic mass is 10.1. The number of methoxy groups -OCH3 is 2. The minimum absolute atomic E-state index is 0.188. The summed E-state index contributed by atoms with van der Waals surface area (Å²) in [5.74, 6) is 1.45. The van der Waals surface area contributed by atoms with Crippen LogP contribution < -0.4 is 14.9 Å². The van der Waals surface area contributed by atoms with Crippen molar-refractivity contribution in [3.8, 4) is 11.5 Å². The fourth-order valence-electron chi connectivity index (χ4n) is 2.22. The molecule has 148 valence electrons. The topological polar surface area (TPSA) is 86.2 Å². The van der Waals surface area contributed by atoms with Crippen molar-refractivity contribution in [3.63, 3.8) is 0 Å². The number of hydrogen-bond acceptors (Lipinski definition) is 7. The van der Waals surface area contributed by atoms with E-state index in [2.05, 4.69) is 34.3 Å². The number of rotatable bonds is 8. The molecule has 2 aromatic rings. The standard InChI is InChI=1S/C20H22N2O5S/c1-14-6-4-5-7-16(14)12-28-13-19(23)22-21-11-15-8-9-17(18(10-15)25-2)27-20(24)26-3/h4-11H,12-13H2,1-3H3,(H,22,23)/b21-11-. The van der Waals surface area contributed by atoms with E-state index < -0.39 is 6.16 Å². The summed E-state index contributed by atoms with van der Waals surface area (Å²) >= 11 is 1.52. The normalized spacial score (nSPS) is 10.5. The second-order valence-corrected chi connectivity index (χ2v) is 6.66. The molecule has 1 amide bonds. The van der Waals surface area contributed by atoms with Gasteiger partial charge < -0.3 is 14.2 Å². The molecule has 0 aliphatic carbocycles. The number of hydrogen-bond donors (Lipinski definition) is 1. The Labute approximate surface area is 168 Å². The molecular weight excluding hydrogens is 380 g/mol. The van der Waals surface area contributed by atoms with Crippen molar-refractivity contribution in [2.24, 2.45) is 5.10 Å². The molecule has 2 rings (SSSR count). The number of benzene rings is 2. The van der Waals surface area contributed by atoms with Crippen molar-refractivity contribution in [2.75, 3.05) is 20.0 Å². The Kier molecular flexibility index (Phi) is 8.36. The van der Waals surface area contributed by atoms with Crippen molar-refractivity contribution < 1.29 is 23.8 Å². The first-order chi connectivity index (χ1) is 13.5. The number of nitrogens with one attached hydrogen (secondary N) is 1. The first-order valence-electron chi connectivity index (χ1n) is 8.41. The second-order valence-electron chi connectivity index (χ2n) is 5.68. The van der Waals surface area contributed by atoms with Crippen LogP contribution >= 0.6 is 11.8 Å². The monoisotopic (exact) mass is 402 g/mol. The molecule has 2 aromatic carbocycles. The third kappa shape index (κ3) is 6.62. The fourth-order valence-corrected chi connectivity index (χ4v) is 3.11. The fraction of sp³-hybridized carbons (Fsp3) is 0.250. The van der Waals surface area contributed by atoms with Gasteiger partial charge in [0, 0.05) is 5.75 Å². The van der Waals surface area contributed by atoms with Crippen LogP contribution in [-0.4, -0.2) is 38.2 Å². The summed E-state index contributed by atoms with van der Waals surface area (Å²) in [6.07, 6.45) is 0.643. The molecule has 0 heterocycles. The number of amides is 1. The third-order valence-electron chi connectivity index (χ3n) is 3.70. The highest BCUT2D eigenvalue weighted by atomic mass is 32.2. The highest BCUT2D eigenvalue weighted by molar-refractivity contribution is 7.99. The van der Waals surface area contributed by atoms with E-state index >= 15 is 0 Å². The molecule has 0 bridgehead atoms. The van der Waals surface area contributed by atoms with E-state index in [9.17, 15) is 9.59 Å². The van der Waals surface area contributed by atoms with Gasteiger partial charge in [0.05, 0.1) is 26.2 Å². The van der Waals surface area contributed by atoms with E-state index in [1.165, 1.54) is 43.3 Å². The maximum Gasteiger partial charge on any atom is 0.513 e. The summed E-state index contributed by atoms with van der Waals surface area (Å²) < 4.78 is 14.6. The quantitative estimate of drug-likeness (QED) is 0.315. The van der Waals surface area contributed by atoms with E-state index in [1.54, 1.807) is 18.2 Å². The Morgan fingerprint density at radius 2 is 1.93 bits per heavy atom. The Hall–Kier alpha value is -3.00. The van der Waals surface area contributed by atoms with E-state index in [1.807, 2.05) is 12.1 Å². The zero-order valence-electron chi connectivity index (χ0n) is 15.9. The van der Waals surface area contributed by atoms with E-state index in [4.69, 9.17) is 9.47 Å². The summed E-state index contributed by atoms with van der Waals surface area (Å²) in [5.41, 5.74) is 5.58. The van der Waals surface area contributed by atoms with Gasteiger partial charge >= 0.3 is 6.16 Å². The number of aryl methyl sites for hydroxylation is 1. The van der Waals surface area contributed by atoms with Gasteiger partial charge in [0.25, 0.3) is 0 Å². The van der Waals surface area contributed by atoms with Gasteiger partial charge in [-0.2, -0.15) is 5.10 Å². The Morgan fingerprint density at radius 3 is 2.64 bits per heavy atom. The minimum Gasteiger partial charge on any atom is -0.493 e. The van der Waals surface area contributed by atoms with Crippen molar-refractivity contribution in [3.05, 3.63) is 59.2 Å². The van der Waals surface area contributed by atoms with Crippen LogP contribution in [-0.2, 0) is 15.3 Å². The number of carbonyl (C=O) groups is 2. The van der Waals surface area contributed by atoms with Crippen LogP contribution in [0.15, 0.2) is 47.6 Å². The summed E-state index contributed by atoms with van der Waals surface area (Å²) in [6, 6.07) is 12.9. The Balaban J connectivity index is 1.83. The van der Waals surface area contributed by atoms with Crippen molar-refractivity contribution in [1.29, 1.82) is 0 Å². The van der Waals surface area contributed by atoms with E-state index in [0.29, 0.717) is 17.1 Å². The molecular formula is C20H22N2O5S. The van der Waals surface area contributed by atoms with Gasteiger partial charge in [-0.1, -0.05) is 24.3 Å². The van der Waals surface area contributed by atoms with Crippen molar-refractivity contribution >= 4 is 30.0 Å². The van der Waals surface area contributed by atoms with Crippen LogP contribution in [0.4, 0.5) is 4.79 Å². The summed E-state index contributed by atoms with van der Waals surface area (Å²) in [7, 11) is 2.67. The molecule has 0 aliphatic heterocycles. The zero-order valence-corrected chi connectivity index (χ0v) is 16.7. The lowest BCUT2D eigenvalue weighted by Crippen LogP contribution is -2.19. The molecule has 1 N–H and O–H groups in total. The number of ether oxygens (including phenoxy) is 3. The maximum absolute atomic E-state index is 11.9. The van der Waals surface area contributed by atoms with Crippen LogP contribution in [0, 0.1) is 6.92 Å². The van der Waals surface area contributed by atoms with Crippen LogP contribution in [0.25, 0.3) is 0 Å². The lowest BCUT2D eigenvalue weighted by Gasteiger charge is -2.08. The highest BCUT2D eigenvalue weighted by Crippen LogP contribution is 2.27. The molecule has 0 fully saturated rings. The third-order valence-corrected chi connectivity index (χ3v) is 4.68. The van der Waals surface area contributed by atoms with Gasteiger partial charge in [0.2, 0.25) is 5.91 Å². The van der Waals surface area contributed by atoms with Crippen LogP contribution in [0.5, 0.6) is 11.5 Å². The van der Waals surface area contributed by atoms with Gasteiger partial charge in [-0.3, -0.25) is 4.79 Å². The summed E-state index contributed by atoms with van der Waals surface area (Å²) in [4.78, 5) is 23.1. The van der Waals surface area contributed by atoms with E-state index in [0.717, 1.165) is 5.75 Å². The average molecular weight is 402 g/mol. The zero-order chi connectivity index (χ0) is 20.4. The first-order valence-corrected chi connectivity index (χ1v) is 9.57. The molecule has 0 unspecified atom stereocenters. The summed E-state index contributed by atoms with van der Waals surface area (Å²) in [5, 5.41) is 3.94. The maximum atomic E-state index is 11.9. The molecule has 7 nitrogen and oxygen atoms in total. The predicted molar refractivity (Wildman–Crippen MR) is 109 cm³/mol. The predicted octanol–water partition coefficient (Wildman–Crippen LogP) is 3.53. The number of nitrogens with zero attached hydrogens (tertiary/aromatic N) is 1. The first kappa shape index (κ1) is 21.3. The van der Waals surface area contributed by atoms with Crippen LogP contribution in [0.2, 0.25) is 0 Å². The molecule has 0 spiro atoms. The van der Waals surface area contributed by atoms with E-state index in [-0.39, 0.29) is 11.7 Å². The molecule has 8 heteroatoms. The van der Waals surface area contributed by atoms with Gasteiger partial charge in [-0.05, 0) is 41.8 Å². The lowest BCUT2D eigenvalue weighted by molar-refractivity contribution is -0.118. The average Bonchev–Trinajstić information content (AvgIpc) is 2.70. The second kappa shape index (κ2) is 11.0. The number of hydrazone groups is 1. The van der Waals surface area contributed by atoms with Crippen molar-refractivity contribution in [1.82, 2.24) is 5.43 Å². The van der Waals surface area contributed by atoms with Crippen molar-refractivity contribution in [2.45, 2.75) is 12.7 Å². The molecule has 0 aromatic heterocycles. The number of thioether (sulfide) groups is 1.